The van der Waals surface area contributed by atoms with E-state index in [0.717, 1.165) is 16.6 Å². The number of nitrogens with zero attached hydrogens (tertiary/aromatic N) is 1. The molecule has 0 spiro atoms. The number of hydrogen-bond acceptors (Lipinski definition) is 3. The first-order valence-electron chi connectivity index (χ1n) is 13.5. The number of fused-ring (bicyclic) bond motifs is 2. The molecule has 6 heteroatoms. The molecule has 0 unspecified atom stereocenters. The van der Waals surface area contributed by atoms with Gasteiger partial charge in [0.2, 0.25) is 0 Å². The largest absolute Gasteiger partial charge is 0.507 e. The smallest absolute Gasteiger partial charge is 0.254 e. The van der Waals surface area contributed by atoms with Gasteiger partial charge in [0.05, 0.1) is 15.6 Å². The van der Waals surface area contributed by atoms with E-state index in [1.165, 1.54) is 37.9 Å². The molecule has 4 nitrogen and oxygen atoms in total. The average molecular weight is 616 g/mol. The van der Waals surface area contributed by atoms with Gasteiger partial charge in [-0.15, -0.1) is 11.8 Å². The third-order valence-corrected chi connectivity index (χ3v) is 9.11. The van der Waals surface area contributed by atoms with Crippen molar-refractivity contribution in [2.24, 2.45) is 0 Å². The van der Waals surface area contributed by atoms with Gasteiger partial charge in [-0.25, -0.2) is 0 Å². The molecule has 1 aromatic heterocycles. The van der Waals surface area contributed by atoms with Gasteiger partial charge in [0.25, 0.3) is 5.91 Å². The molecule has 0 saturated carbocycles. The summed E-state index contributed by atoms with van der Waals surface area (Å²) < 4.78 is 2.86. The first-order valence-corrected chi connectivity index (χ1v) is 15.2. The van der Waals surface area contributed by atoms with Gasteiger partial charge in [0.1, 0.15) is 5.75 Å². The number of thioether (sulfide) groups is 1. The van der Waals surface area contributed by atoms with E-state index in [2.05, 4.69) is 101 Å². The number of phenolic OH excluding ortho intramolecular Hbond substituents is 1. The molecule has 0 aliphatic heterocycles. The van der Waals surface area contributed by atoms with Crippen molar-refractivity contribution in [3.05, 3.63) is 105 Å². The zero-order valence-electron chi connectivity index (χ0n) is 23.9. The van der Waals surface area contributed by atoms with Crippen molar-refractivity contribution in [3.8, 4) is 5.75 Å². The Bertz CT molecular complexity index is 1740. The van der Waals surface area contributed by atoms with Gasteiger partial charge in [0.15, 0.2) is 0 Å². The number of aryl methyl sites for hydroxylation is 3. The Morgan fingerprint density at radius 1 is 0.950 bits per heavy atom. The number of nitrogens with one attached hydrogen (secondary N) is 1. The molecular formula is C34H35BrN2O2S. The van der Waals surface area contributed by atoms with Crippen LogP contribution in [0.5, 0.6) is 5.75 Å². The Kier molecular flexibility index (Phi) is 7.77. The molecule has 5 rings (SSSR count). The Labute approximate surface area is 248 Å². The van der Waals surface area contributed by atoms with Crippen molar-refractivity contribution in [1.29, 1.82) is 0 Å². The fourth-order valence-electron chi connectivity index (χ4n) is 5.53. The summed E-state index contributed by atoms with van der Waals surface area (Å²) in [5.41, 5.74) is 6.94. The van der Waals surface area contributed by atoms with E-state index >= 15 is 0 Å². The van der Waals surface area contributed by atoms with Crippen LogP contribution in [0.15, 0.2) is 76.1 Å². The summed E-state index contributed by atoms with van der Waals surface area (Å²) in [4.78, 5) is 15.2. The number of carbonyl (C=O) groups is 1. The van der Waals surface area contributed by atoms with E-state index < -0.39 is 5.54 Å². The van der Waals surface area contributed by atoms with Crippen molar-refractivity contribution in [1.82, 2.24) is 9.88 Å². The topological polar surface area (TPSA) is 54.3 Å². The molecule has 40 heavy (non-hydrogen) atoms. The number of aromatic hydroxyl groups is 1. The molecule has 1 amide bonds. The standard InChI is InChI=1S/C34H35BrN2O2S/c1-20-14-21(2)32(22(3)15-20)40-19-29-31(33(39)36-34(4,5)6)26-16-30(38)27(35)17-28(26)37(29)18-24-12-9-11-23-10-7-8-13-25(23)24/h7-17,38H,18-19H2,1-6H3,(H,36,39). The van der Waals surface area contributed by atoms with Gasteiger partial charge in [-0.2, -0.15) is 0 Å². The number of phenols is 1. The minimum Gasteiger partial charge on any atom is -0.507 e. The maximum atomic E-state index is 13.9. The van der Waals surface area contributed by atoms with Crippen molar-refractivity contribution in [3.63, 3.8) is 0 Å². The number of amides is 1. The van der Waals surface area contributed by atoms with Crippen LogP contribution < -0.4 is 5.32 Å². The molecule has 0 aliphatic carbocycles. The summed E-state index contributed by atoms with van der Waals surface area (Å²) in [6.45, 7) is 13.0. The highest BCUT2D eigenvalue weighted by molar-refractivity contribution is 9.10. The fourth-order valence-corrected chi connectivity index (χ4v) is 7.02. The summed E-state index contributed by atoms with van der Waals surface area (Å²) in [5.74, 6) is 0.586. The van der Waals surface area contributed by atoms with E-state index in [1.54, 1.807) is 17.8 Å². The van der Waals surface area contributed by atoms with Crippen LogP contribution in [-0.2, 0) is 12.3 Å². The third-order valence-electron chi connectivity index (χ3n) is 7.12. The molecule has 0 radical (unpaired) electrons. The van der Waals surface area contributed by atoms with Gasteiger partial charge < -0.3 is 15.0 Å². The molecule has 5 aromatic rings. The van der Waals surface area contributed by atoms with E-state index in [9.17, 15) is 9.90 Å². The zero-order chi connectivity index (χ0) is 28.8. The van der Waals surface area contributed by atoms with Crippen LogP contribution in [0.4, 0.5) is 0 Å². The molecule has 206 valence electrons. The number of halogens is 1. The second-order valence-electron chi connectivity index (χ2n) is 11.6. The lowest BCUT2D eigenvalue weighted by Crippen LogP contribution is -2.40. The minimum atomic E-state index is -0.410. The van der Waals surface area contributed by atoms with Gasteiger partial charge >= 0.3 is 0 Å². The fraction of sp³-hybridized carbons (Fsp3) is 0.265. The van der Waals surface area contributed by atoms with Crippen molar-refractivity contribution < 1.29 is 9.90 Å². The van der Waals surface area contributed by atoms with Crippen molar-refractivity contribution >= 4 is 55.3 Å². The molecule has 2 N–H and O–H groups in total. The molecular weight excluding hydrogens is 580 g/mol. The van der Waals surface area contributed by atoms with Gasteiger partial charge in [-0.1, -0.05) is 60.2 Å². The lowest BCUT2D eigenvalue weighted by atomic mass is 10.0. The summed E-state index contributed by atoms with van der Waals surface area (Å²) in [6.07, 6.45) is 0. The molecule has 0 fully saturated rings. The summed E-state index contributed by atoms with van der Waals surface area (Å²) in [7, 11) is 0. The first kappa shape index (κ1) is 28.3. The SMILES string of the molecule is Cc1cc(C)c(SCc2c(C(=O)NC(C)(C)C)c3cc(O)c(Br)cc3n2Cc2cccc3ccccc23)c(C)c1. The number of carbonyl (C=O) groups excluding carboxylic acids is 1. The average Bonchev–Trinajstić information content (AvgIpc) is 3.15. The van der Waals surface area contributed by atoms with Crippen LogP contribution in [0.2, 0.25) is 0 Å². The molecule has 0 bridgehead atoms. The van der Waals surface area contributed by atoms with Gasteiger partial charge in [-0.05, 0) is 97.1 Å². The third kappa shape index (κ3) is 5.65. The summed E-state index contributed by atoms with van der Waals surface area (Å²) in [6, 6.07) is 22.8. The second-order valence-corrected chi connectivity index (χ2v) is 13.4. The van der Waals surface area contributed by atoms with Gasteiger partial charge in [-0.3, -0.25) is 4.79 Å². The van der Waals surface area contributed by atoms with Crippen LogP contribution in [0.1, 0.15) is 59.1 Å². The summed E-state index contributed by atoms with van der Waals surface area (Å²) in [5, 5.41) is 17.0. The normalized spacial score (nSPS) is 11.9. The molecule has 4 aromatic carbocycles. The van der Waals surface area contributed by atoms with Gasteiger partial charge in [0, 0.05) is 33.8 Å². The molecule has 0 atom stereocenters. The van der Waals surface area contributed by atoms with Crippen LogP contribution in [0.25, 0.3) is 21.7 Å². The van der Waals surface area contributed by atoms with E-state index in [1.807, 2.05) is 26.8 Å². The number of rotatable bonds is 6. The van der Waals surface area contributed by atoms with E-state index in [0.29, 0.717) is 22.3 Å². The highest BCUT2D eigenvalue weighted by Gasteiger charge is 2.27. The Morgan fingerprint density at radius 2 is 1.62 bits per heavy atom. The van der Waals surface area contributed by atoms with E-state index in [4.69, 9.17) is 0 Å². The van der Waals surface area contributed by atoms with Crippen molar-refractivity contribution in [2.45, 2.75) is 64.3 Å². The van der Waals surface area contributed by atoms with Crippen molar-refractivity contribution in [2.75, 3.05) is 0 Å². The predicted molar refractivity (Wildman–Crippen MR) is 172 cm³/mol. The maximum absolute atomic E-state index is 13.9. The first-order chi connectivity index (χ1) is 18.9. The minimum absolute atomic E-state index is 0.115. The molecule has 0 aliphatic rings. The quantitative estimate of drug-likeness (QED) is 0.188. The molecule has 1 heterocycles. The van der Waals surface area contributed by atoms with E-state index in [-0.39, 0.29) is 11.7 Å². The lowest BCUT2D eigenvalue weighted by Gasteiger charge is -2.21. The summed E-state index contributed by atoms with van der Waals surface area (Å²) >= 11 is 5.29. The maximum Gasteiger partial charge on any atom is 0.254 e. The Balaban J connectivity index is 1.73. The highest BCUT2D eigenvalue weighted by atomic mass is 79.9. The molecule has 0 saturated heterocycles. The van der Waals surface area contributed by atoms with Crippen LogP contribution >= 0.6 is 27.7 Å². The second kappa shape index (κ2) is 11.0. The lowest BCUT2D eigenvalue weighted by molar-refractivity contribution is 0.0920. The monoisotopic (exact) mass is 614 g/mol. The predicted octanol–water partition coefficient (Wildman–Crippen LogP) is 9.06. The Morgan fingerprint density at radius 3 is 2.33 bits per heavy atom. The Hall–Kier alpha value is -3.22. The van der Waals surface area contributed by atoms with Crippen LogP contribution in [0, 0.1) is 20.8 Å². The number of hydrogen-bond donors (Lipinski definition) is 2. The van der Waals surface area contributed by atoms with Crippen LogP contribution in [-0.4, -0.2) is 21.1 Å². The van der Waals surface area contributed by atoms with Crippen LogP contribution in [0.3, 0.4) is 0 Å². The number of benzene rings is 4. The number of aromatic nitrogens is 1. The zero-order valence-corrected chi connectivity index (χ0v) is 26.3. The highest BCUT2D eigenvalue weighted by Crippen LogP contribution is 2.39.